The first-order chi connectivity index (χ1) is 9.92. The highest BCUT2D eigenvalue weighted by molar-refractivity contribution is 7.80. The summed E-state index contributed by atoms with van der Waals surface area (Å²) in [6.07, 6.45) is 0.310. The van der Waals surface area contributed by atoms with E-state index in [-0.39, 0.29) is 11.9 Å². The maximum absolute atomic E-state index is 11.8. The SMILES string of the molecule is COC[C@@H](C)NC(=S)NNC(=O)Cc1ccc(C)c(C)c1. The maximum atomic E-state index is 11.8. The fraction of sp³-hybridized carbons (Fsp3) is 0.467. The van der Waals surface area contributed by atoms with Crippen molar-refractivity contribution < 1.29 is 9.53 Å². The fourth-order valence-corrected chi connectivity index (χ4v) is 2.07. The number of benzene rings is 1. The van der Waals surface area contributed by atoms with Crippen molar-refractivity contribution in [2.45, 2.75) is 33.2 Å². The lowest BCUT2D eigenvalue weighted by Crippen LogP contribution is -2.50. The minimum absolute atomic E-state index is 0.0756. The first kappa shape index (κ1) is 17.4. The molecule has 5 nitrogen and oxygen atoms in total. The minimum Gasteiger partial charge on any atom is -0.383 e. The van der Waals surface area contributed by atoms with E-state index in [1.165, 1.54) is 11.1 Å². The van der Waals surface area contributed by atoms with Crippen LogP contribution in [0.4, 0.5) is 0 Å². The van der Waals surface area contributed by atoms with Gasteiger partial charge in [0.25, 0.3) is 0 Å². The van der Waals surface area contributed by atoms with E-state index in [0.29, 0.717) is 18.1 Å². The number of carbonyl (C=O) groups excluding carboxylic acids is 1. The van der Waals surface area contributed by atoms with E-state index in [9.17, 15) is 4.79 Å². The van der Waals surface area contributed by atoms with Crippen molar-refractivity contribution in [2.75, 3.05) is 13.7 Å². The number of hydrogen-bond acceptors (Lipinski definition) is 3. The van der Waals surface area contributed by atoms with Crippen LogP contribution in [0.5, 0.6) is 0 Å². The summed E-state index contributed by atoms with van der Waals surface area (Å²) in [5.74, 6) is -0.137. The monoisotopic (exact) mass is 309 g/mol. The predicted molar refractivity (Wildman–Crippen MR) is 88.0 cm³/mol. The van der Waals surface area contributed by atoms with E-state index in [2.05, 4.69) is 16.2 Å². The number of hydrazine groups is 1. The third-order valence-corrected chi connectivity index (χ3v) is 3.27. The number of methoxy groups -OCH3 is 1. The van der Waals surface area contributed by atoms with Crippen LogP contribution in [-0.4, -0.2) is 30.8 Å². The van der Waals surface area contributed by atoms with Gasteiger partial charge in [0, 0.05) is 13.2 Å². The Labute approximate surface area is 131 Å². The Bertz CT molecular complexity index is 506. The van der Waals surface area contributed by atoms with E-state index in [1.807, 2.05) is 39.0 Å². The van der Waals surface area contributed by atoms with E-state index in [0.717, 1.165) is 5.56 Å². The zero-order valence-corrected chi connectivity index (χ0v) is 13.8. The zero-order chi connectivity index (χ0) is 15.8. The highest BCUT2D eigenvalue weighted by atomic mass is 32.1. The number of nitrogens with one attached hydrogen (secondary N) is 3. The Morgan fingerprint density at radius 2 is 2.00 bits per heavy atom. The largest absolute Gasteiger partial charge is 0.383 e. The topological polar surface area (TPSA) is 62.4 Å². The molecule has 116 valence electrons. The summed E-state index contributed by atoms with van der Waals surface area (Å²) in [6.45, 7) is 6.56. The highest BCUT2D eigenvalue weighted by Gasteiger charge is 2.06. The van der Waals surface area contributed by atoms with Crippen LogP contribution in [0.15, 0.2) is 18.2 Å². The average Bonchev–Trinajstić information content (AvgIpc) is 2.41. The van der Waals surface area contributed by atoms with Gasteiger partial charge in [-0.05, 0) is 49.7 Å². The molecule has 0 aliphatic carbocycles. The van der Waals surface area contributed by atoms with Gasteiger partial charge in [-0.15, -0.1) is 0 Å². The third kappa shape index (κ3) is 6.55. The summed E-state index contributed by atoms with van der Waals surface area (Å²) in [6, 6.07) is 6.07. The normalized spacial score (nSPS) is 11.6. The number of hydrogen-bond donors (Lipinski definition) is 3. The average molecular weight is 309 g/mol. The second-order valence-electron chi connectivity index (χ2n) is 5.10. The number of rotatable bonds is 5. The van der Waals surface area contributed by atoms with E-state index in [4.69, 9.17) is 17.0 Å². The van der Waals surface area contributed by atoms with Gasteiger partial charge in [0.15, 0.2) is 5.11 Å². The van der Waals surface area contributed by atoms with Crippen LogP contribution in [0, 0.1) is 13.8 Å². The molecule has 1 amide bonds. The summed E-state index contributed by atoms with van der Waals surface area (Å²) in [5, 5.41) is 3.37. The molecule has 0 saturated carbocycles. The molecule has 0 aromatic heterocycles. The summed E-state index contributed by atoms with van der Waals surface area (Å²) in [7, 11) is 1.62. The molecule has 1 aromatic carbocycles. The first-order valence-corrected chi connectivity index (χ1v) is 7.23. The molecule has 0 unspecified atom stereocenters. The molecule has 0 bridgehead atoms. The van der Waals surface area contributed by atoms with Gasteiger partial charge in [-0.1, -0.05) is 18.2 Å². The van der Waals surface area contributed by atoms with Gasteiger partial charge in [0.1, 0.15) is 0 Å². The fourth-order valence-electron chi connectivity index (χ4n) is 1.82. The summed E-state index contributed by atoms with van der Waals surface area (Å²) in [4.78, 5) is 11.8. The van der Waals surface area contributed by atoms with Crippen LogP contribution in [0.25, 0.3) is 0 Å². The van der Waals surface area contributed by atoms with Crippen molar-refractivity contribution in [1.82, 2.24) is 16.2 Å². The molecule has 1 aromatic rings. The summed E-state index contributed by atoms with van der Waals surface area (Å²) in [5.41, 5.74) is 8.64. The van der Waals surface area contributed by atoms with Crippen LogP contribution in [-0.2, 0) is 16.0 Å². The molecular formula is C15H23N3O2S. The smallest absolute Gasteiger partial charge is 0.242 e. The second-order valence-corrected chi connectivity index (χ2v) is 5.51. The van der Waals surface area contributed by atoms with Gasteiger partial charge < -0.3 is 10.1 Å². The van der Waals surface area contributed by atoms with Crippen LogP contribution >= 0.6 is 12.2 Å². The van der Waals surface area contributed by atoms with Crippen molar-refractivity contribution in [3.05, 3.63) is 34.9 Å². The lowest BCUT2D eigenvalue weighted by Gasteiger charge is -2.16. The molecular weight excluding hydrogens is 286 g/mol. The molecule has 0 aliphatic rings. The van der Waals surface area contributed by atoms with E-state index >= 15 is 0 Å². The Hall–Kier alpha value is -1.66. The molecule has 0 heterocycles. The molecule has 3 N–H and O–H groups in total. The third-order valence-electron chi connectivity index (χ3n) is 3.05. The molecule has 6 heteroatoms. The number of amides is 1. The second kappa shape index (κ2) is 8.59. The van der Waals surface area contributed by atoms with Crippen molar-refractivity contribution in [3.63, 3.8) is 0 Å². The van der Waals surface area contributed by atoms with Crippen molar-refractivity contribution in [3.8, 4) is 0 Å². The molecule has 1 atom stereocenters. The van der Waals surface area contributed by atoms with Crippen LogP contribution < -0.4 is 16.2 Å². The van der Waals surface area contributed by atoms with Crippen molar-refractivity contribution in [1.29, 1.82) is 0 Å². The Balaban J connectivity index is 2.36. The molecule has 0 radical (unpaired) electrons. The van der Waals surface area contributed by atoms with Crippen LogP contribution in [0.1, 0.15) is 23.6 Å². The van der Waals surface area contributed by atoms with Crippen LogP contribution in [0.2, 0.25) is 0 Å². The van der Waals surface area contributed by atoms with Crippen molar-refractivity contribution in [2.24, 2.45) is 0 Å². The standard InChI is InChI=1S/C15H23N3O2S/c1-10-5-6-13(7-11(10)2)8-14(19)17-18-15(21)16-12(3)9-20-4/h5-7,12H,8-9H2,1-4H3,(H,17,19)(H2,16,18,21)/t12-/m1/s1. The van der Waals surface area contributed by atoms with Gasteiger partial charge in [-0.3, -0.25) is 15.6 Å². The van der Waals surface area contributed by atoms with Gasteiger partial charge in [0.05, 0.1) is 13.0 Å². The molecule has 0 saturated heterocycles. The van der Waals surface area contributed by atoms with E-state index in [1.54, 1.807) is 7.11 Å². The maximum Gasteiger partial charge on any atom is 0.242 e. The van der Waals surface area contributed by atoms with Gasteiger partial charge in [-0.2, -0.15) is 0 Å². The zero-order valence-electron chi connectivity index (χ0n) is 12.9. The summed E-state index contributed by atoms with van der Waals surface area (Å²) >= 11 is 5.07. The van der Waals surface area contributed by atoms with E-state index < -0.39 is 0 Å². The molecule has 1 rings (SSSR count). The number of carbonyl (C=O) groups is 1. The van der Waals surface area contributed by atoms with Crippen molar-refractivity contribution >= 4 is 23.2 Å². The quantitative estimate of drug-likeness (QED) is 0.566. The lowest BCUT2D eigenvalue weighted by atomic mass is 10.0. The molecule has 0 spiro atoms. The Morgan fingerprint density at radius 1 is 1.29 bits per heavy atom. The molecule has 0 aliphatic heterocycles. The number of ether oxygens (including phenoxy) is 1. The number of thiocarbonyl (C=S) groups is 1. The van der Waals surface area contributed by atoms with Gasteiger partial charge in [0.2, 0.25) is 5.91 Å². The number of aryl methyl sites for hydroxylation is 2. The first-order valence-electron chi connectivity index (χ1n) is 6.82. The molecule has 0 fully saturated rings. The van der Waals surface area contributed by atoms with Gasteiger partial charge in [-0.25, -0.2) is 0 Å². The predicted octanol–water partition coefficient (Wildman–Crippen LogP) is 1.38. The molecule has 21 heavy (non-hydrogen) atoms. The highest BCUT2D eigenvalue weighted by Crippen LogP contribution is 2.10. The Morgan fingerprint density at radius 3 is 2.62 bits per heavy atom. The minimum atomic E-state index is -0.137. The lowest BCUT2D eigenvalue weighted by molar-refractivity contribution is -0.121. The summed E-state index contributed by atoms with van der Waals surface area (Å²) < 4.78 is 4.99. The van der Waals surface area contributed by atoms with Crippen LogP contribution in [0.3, 0.4) is 0 Å². The van der Waals surface area contributed by atoms with Gasteiger partial charge >= 0.3 is 0 Å². The Kier molecular flexibility index (Phi) is 7.11.